The second kappa shape index (κ2) is 5.58. The molecule has 0 aliphatic carbocycles. The summed E-state index contributed by atoms with van der Waals surface area (Å²) in [6.07, 6.45) is 1.57. The number of oxime groups is 1. The molecule has 1 rings (SSSR count). The standard InChI is InChI=1S/C10H12N3O4S/c1-10(2,8(15)16-3)17-13-6(4-14)7-5-18-9(11)12-7/h5H,1-3H3,(H2,11,12). The van der Waals surface area contributed by atoms with E-state index in [1.54, 1.807) is 6.29 Å². The second-order valence-electron chi connectivity index (χ2n) is 3.71. The molecule has 1 heterocycles. The molecule has 0 aromatic carbocycles. The minimum absolute atomic E-state index is 0.167. The van der Waals surface area contributed by atoms with E-state index in [4.69, 9.17) is 10.6 Å². The summed E-state index contributed by atoms with van der Waals surface area (Å²) in [7, 11) is 1.23. The van der Waals surface area contributed by atoms with Gasteiger partial charge in [-0.25, -0.2) is 9.78 Å². The van der Waals surface area contributed by atoms with Gasteiger partial charge in [0.15, 0.2) is 10.8 Å². The van der Waals surface area contributed by atoms with E-state index in [1.165, 1.54) is 26.3 Å². The number of carbonyl (C=O) groups is 1. The van der Waals surface area contributed by atoms with Crippen LogP contribution >= 0.6 is 11.3 Å². The zero-order valence-corrected chi connectivity index (χ0v) is 10.9. The number of methoxy groups -OCH3 is 1. The molecule has 2 N–H and O–H groups in total. The number of anilines is 1. The van der Waals surface area contributed by atoms with Gasteiger partial charge in [-0.3, -0.25) is 4.79 Å². The number of nitrogen functional groups attached to an aromatic ring is 1. The Morgan fingerprint density at radius 3 is 2.72 bits per heavy atom. The highest BCUT2D eigenvalue weighted by Crippen LogP contribution is 2.14. The molecule has 0 fully saturated rings. The molecule has 0 spiro atoms. The molecule has 1 aromatic rings. The van der Waals surface area contributed by atoms with Crippen LogP contribution in [-0.4, -0.2) is 35.7 Å². The maximum Gasteiger partial charge on any atom is 0.352 e. The summed E-state index contributed by atoms with van der Waals surface area (Å²) in [5.41, 5.74) is 4.20. The highest BCUT2D eigenvalue weighted by atomic mass is 32.1. The van der Waals surface area contributed by atoms with Crippen LogP contribution in [0.4, 0.5) is 5.13 Å². The van der Waals surface area contributed by atoms with Crippen LogP contribution in [0.15, 0.2) is 10.5 Å². The number of hydrogen-bond acceptors (Lipinski definition) is 8. The molecule has 97 valence electrons. The van der Waals surface area contributed by atoms with Crippen LogP contribution in [0.2, 0.25) is 0 Å². The lowest BCUT2D eigenvalue weighted by Gasteiger charge is -2.18. The van der Waals surface area contributed by atoms with Gasteiger partial charge in [-0.2, -0.15) is 0 Å². The van der Waals surface area contributed by atoms with Crippen molar-refractivity contribution in [3.05, 3.63) is 11.1 Å². The van der Waals surface area contributed by atoms with E-state index in [0.29, 0.717) is 5.13 Å². The van der Waals surface area contributed by atoms with Gasteiger partial charge in [0, 0.05) is 5.38 Å². The Kier molecular flexibility index (Phi) is 4.38. The topological polar surface area (TPSA) is 104 Å². The summed E-state index contributed by atoms with van der Waals surface area (Å²) in [5, 5.41) is 5.37. The molecular formula is C10H12N3O4S. The maximum absolute atomic E-state index is 11.3. The third-order valence-electron chi connectivity index (χ3n) is 1.90. The predicted molar refractivity (Wildman–Crippen MR) is 65.9 cm³/mol. The summed E-state index contributed by atoms with van der Waals surface area (Å²) < 4.78 is 4.53. The first-order valence-corrected chi connectivity index (χ1v) is 5.72. The van der Waals surface area contributed by atoms with Crippen molar-refractivity contribution < 1.29 is 19.2 Å². The molecule has 0 bridgehead atoms. The van der Waals surface area contributed by atoms with Gasteiger partial charge in [-0.1, -0.05) is 5.16 Å². The Hall–Kier alpha value is -1.96. The number of nitrogens with two attached hydrogens (primary N) is 1. The number of rotatable bonds is 5. The molecule has 1 radical (unpaired) electrons. The number of aromatic nitrogens is 1. The van der Waals surface area contributed by atoms with Crippen molar-refractivity contribution in [1.82, 2.24) is 4.98 Å². The van der Waals surface area contributed by atoms with Crippen molar-refractivity contribution in [2.75, 3.05) is 12.8 Å². The molecule has 0 aliphatic heterocycles. The first kappa shape index (κ1) is 14.1. The minimum atomic E-state index is -1.31. The Morgan fingerprint density at radius 2 is 2.28 bits per heavy atom. The van der Waals surface area contributed by atoms with Crippen LogP contribution in [0.5, 0.6) is 0 Å². The van der Waals surface area contributed by atoms with Gasteiger partial charge >= 0.3 is 5.97 Å². The van der Waals surface area contributed by atoms with Gasteiger partial charge < -0.3 is 15.3 Å². The van der Waals surface area contributed by atoms with E-state index in [-0.39, 0.29) is 11.4 Å². The minimum Gasteiger partial charge on any atom is -0.466 e. The van der Waals surface area contributed by atoms with Gasteiger partial charge in [-0.05, 0) is 13.8 Å². The van der Waals surface area contributed by atoms with Gasteiger partial charge in [-0.15, -0.1) is 11.3 Å². The lowest BCUT2D eigenvalue weighted by Crippen LogP contribution is -2.34. The van der Waals surface area contributed by atoms with Crippen LogP contribution < -0.4 is 5.73 Å². The van der Waals surface area contributed by atoms with Gasteiger partial charge in [0.1, 0.15) is 5.69 Å². The fourth-order valence-electron chi connectivity index (χ4n) is 0.957. The van der Waals surface area contributed by atoms with Crippen LogP contribution in [0.3, 0.4) is 0 Å². The third kappa shape index (κ3) is 3.27. The number of carbonyl (C=O) groups excluding carboxylic acids is 2. The van der Waals surface area contributed by atoms with E-state index >= 15 is 0 Å². The predicted octanol–water partition coefficient (Wildman–Crippen LogP) is 0.507. The van der Waals surface area contributed by atoms with Crippen LogP contribution in [0.25, 0.3) is 0 Å². The average Bonchev–Trinajstić information content (AvgIpc) is 2.75. The Balaban J connectivity index is 2.87. The lowest BCUT2D eigenvalue weighted by atomic mass is 10.1. The normalized spacial score (nSPS) is 12.1. The Labute approximate surface area is 108 Å². The van der Waals surface area contributed by atoms with Crippen molar-refractivity contribution in [2.45, 2.75) is 19.4 Å². The van der Waals surface area contributed by atoms with Crippen molar-refractivity contribution in [2.24, 2.45) is 5.16 Å². The monoisotopic (exact) mass is 270 g/mol. The van der Waals surface area contributed by atoms with Crippen molar-refractivity contribution in [3.8, 4) is 0 Å². The molecule has 0 saturated carbocycles. The molecule has 0 amide bonds. The SMILES string of the molecule is COC(=O)C(C)(C)ON=C([C]=O)c1csc(N)n1. The van der Waals surface area contributed by atoms with Crippen molar-refractivity contribution in [3.63, 3.8) is 0 Å². The zero-order chi connectivity index (χ0) is 13.8. The van der Waals surface area contributed by atoms with E-state index in [2.05, 4.69) is 14.9 Å². The fourth-order valence-corrected chi connectivity index (χ4v) is 1.50. The number of esters is 1. The number of thiazole rings is 1. The summed E-state index contributed by atoms with van der Waals surface area (Å²) in [4.78, 5) is 30.9. The molecule has 0 atom stereocenters. The van der Waals surface area contributed by atoms with E-state index < -0.39 is 11.6 Å². The second-order valence-corrected chi connectivity index (χ2v) is 4.60. The van der Waals surface area contributed by atoms with Crippen LogP contribution in [0.1, 0.15) is 19.5 Å². The molecule has 0 unspecified atom stereocenters. The first-order chi connectivity index (χ1) is 8.40. The van der Waals surface area contributed by atoms with E-state index in [0.717, 1.165) is 11.3 Å². The van der Waals surface area contributed by atoms with Crippen molar-refractivity contribution >= 4 is 34.4 Å². The number of ether oxygens (including phenoxy) is 1. The summed E-state index contributed by atoms with van der Waals surface area (Å²) in [6, 6.07) is 0. The quantitative estimate of drug-likeness (QED) is 0.475. The number of hydrogen-bond donors (Lipinski definition) is 1. The number of nitrogens with zero attached hydrogens (tertiary/aromatic N) is 2. The average molecular weight is 270 g/mol. The fraction of sp³-hybridized carbons (Fsp3) is 0.400. The van der Waals surface area contributed by atoms with Crippen molar-refractivity contribution in [1.29, 1.82) is 0 Å². The molecule has 8 heteroatoms. The third-order valence-corrected chi connectivity index (χ3v) is 2.58. The van der Waals surface area contributed by atoms with E-state index in [9.17, 15) is 9.59 Å². The largest absolute Gasteiger partial charge is 0.466 e. The lowest BCUT2D eigenvalue weighted by molar-refractivity contribution is -0.164. The molecule has 18 heavy (non-hydrogen) atoms. The molecule has 0 aliphatic rings. The first-order valence-electron chi connectivity index (χ1n) is 4.85. The smallest absolute Gasteiger partial charge is 0.352 e. The summed E-state index contributed by atoms with van der Waals surface area (Å²) >= 11 is 1.15. The van der Waals surface area contributed by atoms with Gasteiger partial charge in [0.2, 0.25) is 5.60 Å². The van der Waals surface area contributed by atoms with Gasteiger partial charge in [0.05, 0.1) is 7.11 Å². The molecule has 1 aromatic heterocycles. The van der Waals surface area contributed by atoms with Gasteiger partial charge in [0.25, 0.3) is 6.29 Å². The molecular weight excluding hydrogens is 258 g/mol. The van der Waals surface area contributed by atoms with E-state index in [1.807, 2.05) is 0 Å². The summed E-state index contributed by atoms with van der Waals surface area (Å²) in [5.74, 6) is -0.616. The Bertz CT molecular complexity index is 481. The van der Waals surface area contributed by atoms with Crippen LogP contribution in [0, 0.1) is 0 Å². The van der Waals surface area contributed by atoms with Crippen LogP contribution in [-0.2, 0) is 19.2 Å². The maximum atomic E-state index is 11.3. The molecule has 7 nitrogen and oxygen atoms in total. The summed E-state index contributed by atoms with van der Waals surface area (Å²) in [6.45, 7) is 2.92. The Morgan fingerprint density at radius 1 is 1.61 bits per heavy atom. The highest BCUT2D eigenvalue weighted by Gasteiger charge is 2.31. The zero-order valence-electron chi connectivity index (χ0n) is 10.1. The highest BCUT2D eigenvalue weighted by molar-refractivity contribution is 7.13. The molecule has 0 saturated heterocycles.